The Balaban J connectivity index is 1.83. The number of carbonyl (C=O) groups is 1. The fraction of sp³-hybridized carbons (Fsp3) is 0.400. The number of hydrogen-bond acceptors (Lipinski definition) is 1. The quantitative estimate of drug-likeness (QED) is 0.788. The van der Waals surface area contributed by atoms with Crippen LogP contribution >= 0.6 is 27.5 Å². The first-order valence-corrected chi connectivity index (χ1v) is 7.75. The zero-order valence-corrected chi connectivity index (χ0v) is 13.1. The molecule has 0 aromatic heterocycles. The maximum absolute atomic E-state index is 12.0. The number of allylic oxidation sites excluding steroid dienone is 1. The second-order valence-electron chi connectivity index (χ2n) is 4.74. The van der Waals surface area contributed by atoms with Gasteiger partial charge in [0.25, 0.3) is 5.91 Å². The monoisotopic (exact) mass is 341 g/mol. The molecule has 1 aliphatic rings. The molecule has 1 N–H and O–H groups in total. The van der Waals surface area contributed by atoms with E-state index in [1.54, 1.807) is 18.2 Å². The second kappa shape index (κ2) is 7.11. The van der Waals surface area contributed by atoms with Crippen LogP contribution in [0.2, 0.25) is 5.02 Å². The van der Waals surface area contributed by atoms with Crippen LogP contribution in [0.15, 0.2) is 34.3 Å². The highest BCUT2D eigenvalue weighted by molar-refractivity contribution is 9.10. The Morgan fingerprint density at radius 1 is 1.37 bits per heavy atom. The third kappa shape index (κ3) is 4.36. The molecule has 0 spiro atoms. The molecule has 0 heterocycles. The van der Waals surface area contributed by atoms with Crippen LogP contribution in [0.25, 0.3) is 0 Å². The van der Waals surface area contributed by atoms with E-state index in [1.807, 2.05) is 0 Å². The molecule has 19 heavy (non-hydrogen) atoms. The van der Waals surface area contributed by atoms with Gasteiger partial charge < -0.3 is 5.32 Å². The standard InChI is InChI=1S/C15H17BrClNO/c16-13-10-12(6-7-14(13)17)15(19)18-9-8-11-4-2-1-3-5-11/h4,6-7,10H,1-3,5,8-9H2,(H,18,19). The summed E-state index contributed by atoms with van der Waals surface area (Å²) in [5, 5.41) is 3.56. The van der Waals surface area contributed by atoms with Gasteiger partial charge in [-0.05, 0) is 66.2 Å². The summed E-state index contributed by atoms with van der Waals surface area (Å²) in [7, 11) is 0. The van der Waals surface area contributed by atoms with Crippen molar-refractivity contribution in [3.63, 3.8) is 0 Å². The molecule has 0 saturated heterocycles. The van der Waals surface area contributed by atoms with Gasteiger partial charge >= 0.3 is 0 Å². The number of benzene rings is 1. The van der Waals surface area contributed by atoms with Gasteiger partial charge in [0.2, 0.25) is 0 Å². The molecule has 4 heteroatoms. The maximum atomic E-state index is 12.0. The highest BCUT2D eigenvalue weighted by Crippen LogP contribution is 2.23. The molecule has 0 radical (unpaired) electrons. The first-order valence-electron chi connectivity index (χ1n) is 6.58. The molecule has 102 valence electrons. The highest BCUT2D eigenvalue weighted by atomic mass is 79.9. The summed E-state index contributed by atoms with van der Waals surface area (Å²) in [6.07, 6.45) is 8.23. The summed E-state index contributed by atoms with van der Waals surface area (Å²) in [5.41, 5.74) is 2.11. The van der Waals surface area contributed by atoms with Crippen LogP contribution in [-0.2, 0) is 0 Å². The molecule has 1 aliphatic carbocycles. The first kappa shape index (κ1) is 14.6. The van der Waals surface area contributed by atoms with Gasteiger partial charge in [-0.2, -0.15) is 0 Å². The molecule has 1 amide bonds. The summed E-state index contributed by atoms with van der Waals surface area (Å²) in [5.74, 6) is -0.0474. The first-order chi connectivity index (χ1) is 9.16. The van der Waals surface area contributed by atoms with Crippen molar-refractivity contribution in [2.45, 2.75) is 32.1 Å². The third-order valence-corrected chi connectivity index (χ3v) is 4.51. The van der Waals surface area contributed by atoms with E-state index in [2.05, 4.69) is 27.3 Å². The Hall–Kier alpha value is -0.800. The van der Waals surface area contributed by atoms with E-state index in [4.69, 9.17) is 11.6 Å². The maximum Gasteiger partial charge on any atom is 0.251 e. The van der Waals surface area contributed by atoms with Crippen molar-refractivity contribution < 1.29 is 4.79 Å². The number of nitrogens with one attached hydrogen (secondary N) is 1. The van der Waals surface area contributed by atoms with E-state index in [1.165, 1.54) is 31.3 Å². The van der Waals surface area contributed by atoms with Crippen molar-refractivity contribution in [3.05, 3.63) is 44.9 Å². The molecule has 0 aliphatic heterocycles. The van der Waals surface area contributed by atoms with E-state index in [9.17, 15) is 4.79 Å². The van der Waals surface area contributed by atoms with Crippen LogP contribution in [0, 0.1) is 0 Å². The minimum absolute atomic E-state index is 0.0474. The van der Waals surface area contributed by atoms with Crippen molar-refractivity contribution in [2.75, 3.05) is 6.54 Å². The molecule has 0 bridgehead atoms. The molecule has 1 aromatic rings. The van der Waals surface area contributed by atoms with E-state index in [0.717, 1.165) is 10.9 Å². The Morgan fingerprint density at radius 3 is 2.89 bits per heavy atom. The Labute approximate surface area is 127 Å². The van der Waals surface area contributed by atoms with Crippen molar-refractivity contribution in [3.8, 4) is 0 Å². The number of rotatable bonds is 4. The zero-order chi connectivity index (χ0) is 13.7. The van der Waals surface area contributed by atoms with Crippen molar-refractivity contribution in [1.82, 2.24) is 5.32 Å². The van der Waals surface area contributed by atoms with Gasteiger partial charge in [-0.25, -0.2) is 0 Å². The van der Waals surface area contributed by atoms with Crippen LogP contribution in [0.5, 0.6) is 0 Å². The fourth-order valence-electron chi connectivity index (χ4n) is 2.21. The predicted molar refractivity (Wildman–Crippen MR) is 82.7 cm³/mol. The summed E-state index contributed by atoms with van der Waals surface area (Å²) >= 11 is 9.23. The SMILES string of the molecule is O=C(NCCC1=CCCCC1)c1ccc(Cl)c(Br)c1. The topological polar surface area (TPSA) is 29.1 Å². The smallest absolute Gasteiger partial charge is 0.251 e. The summed E-state index contributed by atoms with van der Waals surface area (Å²) in [6, 6.07) is 5.21. The van der Waals surface area contributed by atoms with E-state index in [0.29, 0.717) is 17.1 Å². The minimum Gasteiger partial charge on any atom is -0.352 e. The van der Waals surface area contributed by atoms with Gasteiger partial charge in [0, 0.05) is 16.6 Å². The van der Waals surface area contributed by atoms with Crippen molar-refractivity contribution in [1.29, 1.82) is 0 Å². The lowest BCUT2D eigenvalue weighted by atomic mass is 9.97. The third-order valence-electron chi connectivity index (χ3n) is 3.30. The lowest BCUT2D eigenvalue weighted by molar-refractivity contribution is 0.0954. The van der Waals surface area contributed by atoms with E-state index in [-0.39, 0.29) is 5.91 Å². The second-order valence-corrected chi connectivity index (χ2v) is 6.00. The van der Waals surface area contributed by atoms with Gasteiger partial charge in [-0.15, -0.1) is 0 Å². The van der Waals surface area contributed by atoms with Crippen LogP contribution < -0.4 is 5.32 Å². The Kier molecular flexibility index (Phi) is 5.46. The van der Waals surface area contributed by atoms with Gasteiger partial charge in [-0.1, -0.05) is 23.3 Å². The number of hydrogen-bond donors (Lipinski definition) is 1. The number of amides is 1. The van der Waals surface area contributed by atoms with Crippen LogP contribution in [0.1, 0.15) is 42.5 Å². The molecule has 2 rings (SSSR count). The molecular formula is C15H17BrClNO. The number of halogens is 2. The fourth-order valence-corrected chi connectivity index (χ4v) is 2.70. The average molecular weight is 343 g/mol. The number of carbonyl (C=O) groups excluding carboxylic acids is 1. The van der Waals surface area contributed by atoms with Gasteiger partial charge in [0.15, 0.2) is 0 Å². The molecule has 2 nitrogen and oxygen atoms in total. The zero-order valence-electron chi connectivity index (χ0n) is 10.7. The largest absolute Gasteiger partial charge is 0.352 e. The lowest BCUT2D eigenvalue weighted by Crippen LogP contribution is -2.24. The molecule has 1 aromatic carbocycles. The minimum atomic E-state index is -0.0474. The molecule has 0 saturated carbocycles. The molecule has 0 unspecified atom stereocenters. The predicted octanol–water partition coefficient (Wildman–Crippen LogP) is 4.72. The van der Waals surface area contributed by atoms with Crippen LogP contribution in [-0.4, -0.2) is 12.5 Å². The Morgan fingerprint density at radius 2 is 2.21 bits per heavy atom. The molecule has 0 atom stereocenters. The summed E-state index contributed by atoms with van der Waals surface area (Å²) < 4.78 is 0.747. The van der Waals surface area contributed by atoms with Gasteiger partial charge in [-0.3, -0.25) is 4.79 Å². The molecule has 0 fully saturated rings. The highest BCUT2D eigenvalue weighted by Gasteiger charge is 2.08. The van der Waals surface area contributed by atoms with E-state index >= 15 is 0 Å². The van der Waals surface area contributed by atoms with Gasteiger partial charge in [0.1, 0.15) is 0 Å². The Bertz CT molecular complexity index is 499. The van der Waals surface area contributed by atoms with Crippen LogP contribution in [0.4, 0.5) is 0 Å². The van der Waals surface area contributed by atoms with Gasteiger partial charge in [0.05, 0.1) is 5.02 Å². The molecular weight excluding hydrogens is 326 g/mol. The summed E-state index contributed by atoms with van der Waals surface area (Å²) in [4.78, 5) is 12.0. The van der Waals surface area contributed by atoms with Crippen molar-refractivity contribution >= 4 is 33.4 Å². The summed E-state index contributed by atoms with van der Waals surface area (Å²) in [6.45, 7) is 0.699. The van der Waals surface area contributed by atoms with Crippen LogP contribution in [0.3, 0.4) is 0 Å². The van der Waals surface area contributed by atoms with E-state index < -0.39 is 0 Å². The average Bonchev–Trinajstić information content (AvgIpc) is 2.43. The normalized spacial score (nSPS) is 14.9. The lowest BCUT2D eigenvalue weighted by Gasteiger charge is -2.13. The van der Waals surface area contributed by atoms with Crippen molar-refractivity contribution in [2.24, 2.45) is 0 Å².